The molecule has 0 radical (unpaired) electrons. The number of benzene rings is 1. The monoisotopic (exact) mass is 524 g/mol. The molecule has 0 spiro atoms. The molecule has 13 heteroatoms. The van der Waals surface area contributed by atoms with Gasteiger partial charge in [0.2, 0.25) is 0 Å². The van der Waals surface area contributed by atoms with Crippen LogP contribution in [-0.4, -0.2) is 64.6 Å². The molecule has 0 unspecified atom stereocenters. The van der Waals surface area contributed by atoms with Gasteiger partial charge in [-0.3, -0.25) is 14.1 Å². The van der Waals surface area contributed by atoms with Crippen molar-refractivity contribution in [3.63, 3.8) is 0 Å². The number of hydrogen-bond acceptors (Lipinski definition) is 10. The number of amides is 1. The highest BCUT2D eigenvalue weighted by Crippen LogP contribution is 2.46. The van der Waals surface area contributed by atoms with E-state index in [1.54, 1.807) is 51.1 Å². The topological polar surface area (TPSA) is 162 Å². The van der Waals surface area contributed by atoms with Gasteiger partial charge in [0.25, 0.3) is 5.91 Å². The van der Waals surface area contributed by atoms with Gasteiger partial charge in [0.1, 0.15) is 29.8 Å². The molecule has 1 saturated heterocycles. The highest BCUT2D eigenvalue weighted by atomic mass is 31.2. The lowest BCUT2D eigenvalue weighted by molar-refractivity contribution is -0.149. The summed E-state index contributed by atoms with van der Waals surface area (Å²) in [6, 6.07) is 7.24. The van der Waals surface area contributed by atoms with Crippen LogP contribution < -0.4 is 20.7 Å². The van der Waals surface area contributed by atoms with Crippen molar-refractivity contribution in [2.24, 2.45) is 5.73 Å². The predicted molar refractivity (Wildman–Crippen MR) is 130 cm³/mol. The van der Waals surface area contributed by atoms with Crippen LogP contribution in [0.15, 0.2) is 55.0 Å². The lowest BCUT2D eigenvalue weighted by Gasteiger charge is -2.37. The summed E-state index contributed by atoms with van der Waals surface area (Å²) >= 11 is 0. The average Bonchev–Trinajstić information content (AvgIpc) is 3.01. The van der Waals surface area contributed by atoms with Crippen LogP contribution in [0.2, 0.25) is 0 Å². The smallest absolute Gasteiger partial charge is 0.459 e. The number of aliphatic hydroxyl groups is 1. The molecule has 3 rings (SSSR count). The minimum Gasteiger partial charge on any atom is -0.462 e. The molecule has 12 nitrogen and oxygen atoms in total. The summed E-state index contributed by atoms with van der Waals surface area (Å²) in [5.41, 5.74) is 5.05. The Balaban J connectivity index is 1.76. The number of esters is 1. The molecule has 36 heavy (non-hydrogen) atoms. The van der Waals surface area contributed by atoms with Gasteiger partial charge in [0, 0.05) is 12.3 Å². The fourth-order valence-corrected chi connectivity index (χ4v) is 5.14. The quantitative estimate of drug-likeness (QED) is 0.258. The van der Waals surface area contributed by atoms with Gasteiger partial charge in [-0.2, -0.15) is 5.09 Å². The van der Waals surface area contributed by atoms with Crippen molar-refractivity contribution in [2.45, 2.75) is 63.8 Å². The Morgan fingerprint density at radius 2 is 2.03 bits per heavy atom. The van der Waals surface area contributed by atoms with Crippen molar-refractivity contribution in [1.82, 2.24) is 15.3 Å². The van der Waals surface area contributed by atoms with E-state index < -0.39 is 50.3 Å². The summed E-state index contributed by atoms with van der Waals surface area (Å²) in [4.78, 5) is 25.4. The molecule has 0 saturated carbocycles. The number of hydrogen-bond donors (Lipinski definition) is 4. The number of carbonyl (C=O) groups excluding carboxylic acids is 2. The molecule has 1 amide bonds. The number of para-hydroxylation sites is 1. The molecule has 6 atom stereocenters. The zero-order chi connectivity index (χ0) is 26.7. The number of nitrogens with zero attached hydrogens (tertiary/aromatic N) is 1. The summed E-state index contributed by atoms with van der Waals surface area (Å²) in [6.45, 7) is 9.81. The number of nitrogens with one attached hydrogen (secondary N) is 2. The van der Waals surface area contributed by atoms with Crippen molar-refractivity contribution < 1.29 is 37.8 Å². The third-order valence-electron chi connectivity index (χ3n) is 5.48. The first kappa shape index (κ1) is 27.9. The molecule has 0 aliphatic carbocycles. The van der Waals surface area contributed by atoms with Crippen molar-refractivity contribution in [3.8, 4) is 5.75 Å². The zero-order valence-electron chi connectivity index (χ0n) is 20.6. The molecule has 1 fully saturated rings. The van der Waals surface area contributed by atoms with Crippen LogP contribution in [-0.2, 0) is 28.2 Å². The first-order valence-electron chi connectivity index (χ1n) is 11.4. The fourth-order valence-electron chi connectivity index (χ4n) is 3.64. The van der Waals surface area contributed by atoms with Gasteiger partial charge in [0.05, 0.1) is 18.2 Å². The normalized spacial score (nSPS) is 28.5. The first-order chi connectivity index (χ1) is 16.8. The van der Waals surface area contributed by atoms with E-state index in [0.29, 0.717) is 0 Å². The summed E-state index contributed by atoms with van der Waals surface area (Å²) in [5, 5.41) is 16.0. The second-order valence-electron chi connectivity index (χ2n) is 9.03. The van der Waals surface area contributed by atoms with Gasteiger partial charge < -0.3 is 35.1 Å². The number of rotatable bonds is 10. The highest BCUT2D eigenvalue weighted by molar-refractivity contribution is 7.52. The fraction of sp³-hybridized carbons (Fsp3) is 0.478. The molecule has 2 aliphatic rings. The molecule has 5 N–H and O–H groups in total. The number of aliphatic hydroxyl groups excluding tert-OH is 1. The molecule has 1 aromatic rings. The molecule has 2 heterocycles. The maximum absolute atomic E-state index is 13.7. The molecule has 0 aromatic heterocycles. The second-order valence-corrected chi connectivity index (χ2v) is 10.7. The van der Waals surface area contributed by atoms with E-state index in [0.717, 1.165) is 0 Å². The van der Waals surface area contributed by atoms with Gasteiger partial charge in [-0.15, -0.1) is 0 Å². The van der Waals surface area contributed by atoms with E-state index in [2.05, 4.69) is 17.0 Å². The van der Waals surface area contributed by atoms with E-state index in [4.69, 9.17) is 24.3 Å². The Morgan fingerprint density at radius 1 is 1.36 bits per heavy atom. The van der Waals surface area contributed by atoms with Gasteiger partial charge in [-0.25, -0.2) is 4.57 Å². The molecular weight excluding hydrogens is 491 g/mol. The van der Waals surface area contributed by atoms with Crippen LogP contribution >= 0.6 is 7.75 Å². The Hall–Kier alpha value is -2.73. The Kier molecular flexibility index (Phi) is 8.60. The first-order valence-corrected chi connectivity index (χ1v) is 12.9. The minimum absolute atomic E-state index is 0.218. The lowest BCUT2D eigenvalue weighted by Crippen LogP contribution is -2.59. The van der Waals surface area contributed by atoms with E-state index in [-0.39, 0.29) is 23.6 Å². The summed E-state index contributed by atoms with van der Waals surface area (Å²) in [7, 11) is -4.17. The summed E-state index contributed by atoms with van der Waals surface area (Å²) in [6.07, 6.45) is -0.867. The standard InChI is InChI=1S/C23H33N4O8P/c1-14(2)33-21(30)15(3)26-36(31,35-17-9-7-6-8-10-17)32-13-18-20(29)23(5,24)22(34-18)27-12-11-19(28)25-16(27)4/h6-12,14-15,18,20,22,29H,4,13,24H2,1-3,5H3,(H,25,28)(H,26,31)/t15-,18-,20-,22-,23-,36-/m1/s1. The van der Waals surface area contributed by atoms with Crippen LogP contribution in [0.5, 0.6) is 5.75 Å². The molecule has 2 aliphatic heterocycles. The van der Waals surface area contributed by atoms with Gasteiger partial charge in [-0.1, -0.05) is 24.8 Å². The van der Waals surface area contributed by atoms with Crippen LogP contribution in [0, 0.1) is 0 Å². The molecular formula is C23H33N4O8P. The molecule has 198 valence electrons. The van der Waals surface area contributed by atoms with E-state index in [9.17, 15) is 19.3 Å². The average molecular weight is 525 g/mol. The van der Waals surface area contributed by atoms with E-state index in [1.807, 2.05) is 0 Å². The second kappa shape index (κ2) is 11.1. The molecule has 1 aromatic carbocycles. The summed E-state index contributed by atoms with van der Waals surface area (Å²) < 4.78 is 36.0. The maximum atomic E-state index is 13.7. The van der Waals surface area contributed by atoms with Crippen molar-refractivity contribution in [3.05, 3.63) is 55.0 Å². The number of nitrogens with two attached hydrogens (primary N) is 1. The van der Waals surface area contributed by atoms with Crippen LogP contribution in [0.4, 0.5) is 0 Å². The Labute approximate surface area is 210 Å². The highest BCUT2D eigenvalue weighted by Gasteiger charge is 2.54. The third-order valence-corrected chi connectivity index (χ3v) is 7.12. The van der Waals surface area contributed by atoms with E-state index in [1.165, 1.54) is 24.1 Å². The summed E-state index contributed by atoms with van der Waals surface area (Å²) in [5.74, 6) is -0.550. The van der Waals surface area contributed by atoms with Gasteiger partial charge in [0.15, 0.2) is 6.23 Å². The van der Waals surface area contributed by atoms with Gasteiger partial charge >= 0.3 is 13.7 Å². The van der Waals surface area contributed by atoms with Crippen molar-refractivity contribution in [1.29, 1.82) is 0 Å². The number of carbonyl (C=O) groups is 2. The van der Waals surface area contributed by atoms with Crippen molar-refractivity contribution >= 4 is 19.6 Å². The van der Waals surface area contributed by atoms with Gasteiger partial charge in [-0.05, 0) is 39.8 Å². The zero-order valence-corrected chi connectivity index (χ0v) is 21.5. The molecule has 0 bridgehead atoms. The van der Waals surface area contributed by atoms with E-state index >= 15 is 0 Å². The van der Waals surface area contributed by atoms with Crippen LogP contribution in [0.25, 0.3) is 0 Å². The SMILES string of the molecule is C=C1NC(=O)C=CN1[C@@H]1O[C@H](CO[P@](=O)(N[C@H](C)C(=O)OC(C)C)Oc2ccccc2)[C@@H](O)[C@@]1(C)N. The van der Waals surface area contributed by atoms with Crippen LogP contribution in [0.1, 0.15) is 27.7 Å². The number of ether oxygens (including phenoxy) is 2. The Morgan fingerprint density at radius 3 is 2.64 bits per heavy atom. The largest absolute Gasteiger partial charge is 0.462 e. The lowest BCUT2D eigenvalue weighted by atomic mass is 9.93. The third kappa shape index (κ3) is 6.52. The predicted octanol–water partition coefficient (Wildman–Crippen LogP) is 1.34. The minimum atomic E-state index is -4.17. The maximum Gasteiger partial charge on any atom is 0.459 e. The van der Waals surface area contributed by atoms with Crippen molar-refractivity contribution in [2.75, 3.05) is 6.61 Å². The van der Waals surface area contributed by atoms with Crippen LogP contribution in [0.3, 0.4) is 0 Å². The Bertz CT molecular complexity index is 1050.